The first kappa shape index (κ1) is 17.5. The van der Waals surface area contributed by atoms with Gasteiger partial charge in [0.25, 0.3) is 0 Å². The van der Waals surface area contributed by atoms with Crippen LogP contribution in [0.3, 0.4) is 0 Å². The first-order valence-electron chi connectivity index (χ1n) is 4.79. The molecule has 100 valence electrons. The Kier molecular flexibility index (Phi) is 11.0. The molecule has 0 saturated carbocycles. The number of guanidine groups is 1. The molecule has 0 aliphatic rings. The molecular formula is C8H19N5O4. The minimum absolute atomic E-state index is 0.112. The smallest absolute Gasteiger partial charge is 0.320 e. The van der Waals surface area contributed by atoms with Crippen molar-refractivity contribution in [2.45, 2.75) is 18.9 Å². The van der Waals surface area contributed by atoms with E-state index in [4.69, 9.17) is 27.1 Å². The summed E-state index contributed by atoms with van der Waals surface area (Å²) in [4.78, 5) is 19.5. The van der Waals surface area contributed by atoms with Gasteiger partial charge in [-0.25, -0.2) is 0 Å². The molecule has 0 aromatic heterocycles. The summed E-state index contributed by atoms with van der Waals surface area (Å²) in [6, 6.07) is -0.821. The van der Waals surface area contributed by atoms with Crippen molar-refractivity contribution in [3.63, 3.8) is 0 Å². The van der Waals surface area contributed by atoms with Gasteiger partial charge in [-0.1, -0.05) is 0 Å². The minimum atomic E-state index is -1.00. The van der Waals surface area contributed by atoms with Crippen molar-refractivity contribution in [1.82, 2.24) is 5.32 Å². The highest BCUT2D eigenvalue weighted by Gasteiger charge is 2.09. The van der Waals surface area contributed by atoms with E-state index in [-0.39, 0.29) is 12.5 Å². The number of aliphatic carboxylic acids is 2. The summed E-state index contributed by atoms with van der Waals surface area (Å²) in [6.45, 7) is 0.205. The standard InChI is InChI=1S/C6H14N4O2.C2H5NO2/c7-4(5(11)12)2-1-3-10-6(8)9;3-1-2(4)5/h4H,1-3,7H2,(H,11,12)(H4,8,9,10);1,3H2,(H,4,5)/t4-;/m1./s1. The number of carboxylic acids is 2. The zero-order valence-corrected chi connectivity index (χ0v) is 9.35. The maximum atomic E-state index is 10.2. The van der Waals surface area contributed by atoms with Gasteiger partial charge in [0, 0.05) is 6.54 Å². The van der Waals surface area contributed by atoms with Crippen molar-refractivity contribution in [2.75, 3.05) is 13.1 Å². The molecule has 0 spiro atoms. The molecule has 0 aliphatic carbocycles. The Hall–Kier alpha value is -1.87. The van der Waals surface area contributed by atoms with Crippen LogP contribution in [-0.2, 0) is 9.59 Å². The summed E-state index contributed by atoms with van der Waals surface area (Å²) in [5.74, 6) is -2.08. The van der Waals surface area contributed by atoms with Crippen LogP contribution >= 0.6 is 0 Å². The van der Waals surface area contributed by atoms with E-state index in [1.807, 2.05) is 0 Å². The summed E-state index contributed by atoms with van der Waals surface area (Å²) < 4.78 is 0. The molecule has 1 atom stereocenters. The quantitative estimate of drug-likeness (QED) is 0.155. The van der Waals surface area contributed by atoms with Crippen molar-refractivity contribution in [2.24, 2.45) is 17.2 Å². The summed E-state index contributed by atoms with van der Waals surface area (Å²) in [7, 11) is 0. The lowest BCUT2D eigenvalue weighted by Gasteiger charge is -2.06. The molecule has 0 heterocycles. The molecule has 0 radical (unpaired) electrons. The van der Waals surface area contributed by atoms with E-state index in [9.17, 15) is 9.59 Å². The van der Waals surface area contributed by atoms with Crippen LogP contribution in [0, 0.1) is 5.41 Å². The summed E-state index contributed by atoms with van der Waals surface area (Å²) in [6.07, 6.45) is 0.975. The van der Waals surface area contributed by atoms with Gasteiger partial charge in [-0.2, -0.15) is 0 Å². The van der Waals surface area contributed by atoms with Crippen LogP contribution in [0.2, 0.25) is 0 Å². The molecule has 0 amide bonds. The van der Waals surface area contributed by atoms with Crippen molar-refractivity contribution >= 4 is 17.9 Å². The number of nitrogens with one attached hydrogen (secondary N) is 2. The highest BCUT2D eigenvalue weighted by atomic mass is 16.4. The Morgan fingerprint density at radius 2 is 1.82 bits per heavy atom. The molecule has 0 fully saturated rings. The number of nitrogens with two attached hydrogens (primary N) is 3. The van der Waals surface area contributed by atoms with Gasteiger partial charge in [0.05, 0.1) is 6.54 Å². The van der Waals surface area contributed by atoms with Gasteiger partial charge in [-0.15, -0.1) is 0 Å². The van der Waals surface area contributed by atoms with Gasteiger partial charge in [0.15, 0.2) is 5.96 Å². The Labute approximate surface area is 98.5 Å². The lowest BCUT2D eigenvalue weighted by molar-refractivity contribution is -0.138. The van der Waals surface area contributed by atoms with Gasteiger partial charge in [-0.3, -0.25) is 15.0 Å². The Bertz CT molecular complexity index is 258. The first-order valence-corrected chi connectivity index (χ1v) is 4.79. The first-order chi connectivity index (χ1) is 7.81. The van der Waals surface area contributed by atoms with E-state index < -0.39 is 18.0 Å². The van der Waals surface area contributed by atoms with Gasteiger partial charge >= 0.3 is 11.9 Å². The summed E-state index contributed by atoms with van der Waals surface area (Å²) >= 11 is 0. The largest absolute Gasteiger partial charge is 0.480 e. The third-order valence-corrected chi connectivity index (χ3v) is 1.50. The van der Waals surface area contributed by atoms with Gasteiger partial charge in [0.1, 0.15) is 6.04 Å². The van der Waals surface area contributed by atoms with Crippen molar-refractivity contribution < 1.29 is 19.8 Å². The van der Waals surface area contributed by atoms with Crippen LogP contribution in [0.4, 0.5) is 0 Å². The predicted molar refractivity (Wildman–Crippen MR) is 61.5 cm³/mol. The summed E-state index contributed by atoms with van der Waals surface area (Å²) in [5.41, 5.74) is 14.8. The predicted octanol–water partition coefficient (Wildman–Crippen LogP) is -2.31. The minimum Gasteiger partial charge on any atom is -0.480 e. The lowest BCUT2D eigenvalue weighted by Crippen LogP contribution is -2.34. The molecule has 9 heteroatoms. The number of hydrogen-bond acceptors (Lipinski definition) is 5. The molecule has 0 bridgehead atoms. The van der Waals surface area contributed by atoms with Crippen LogP contribution in [0.5, 0.6) is 0 Å². The Morgan fingerprint density at radius 1 is 1.35 bits per heavy atom. The van der Waals surface area contributed by atoms with E-state index in [0.717, 1.165) is 0 Å². The average molecular weight is 249 g/mol. The molecule has 9 nitrogen and oxygen atoms in total. The molecule has 0 aromatic carbocycles. The van der Waals surface area contributed by atoms with Gasteiger partial charge in [-0.05, 0) is 12.8 Å². The zero-order chi connectivity index (χ0) is 13.8. The third-order valence-electron chi connectivity index (χ3n) is 1.50. The van der Waals surface area contributed by atoms with Crippen LogP contribution in [-0.4, -0.2) is 47.2 Å². The maximum Gasteiger partial charge on any atom is 0.320 e. The van der Waals surface area contributed by atoms with E-state index >= 15 is 0 Å². The normalized spacial score (nSPS) is 10.7. The van der Waals surface area contributed by atoms with Crippen molar-refractivity contribution in [1.29, 1.82) is 5.41 Å². The molecule has 0 aromatic rings. The third kappa shape index (κ3) is 16.8. The molecule has 17 heavy (non-hydrogen) atoms. The number of hydrogen-bond donors (Lipinski definition) is 7. The second kappa shape index (κ2) is 10.6. The molecule has 0 saturated heterocycles. The van der Waals surface area contributed by atoms with Crippen molar-refractivity contribution in [3.8, 4) is 0 Å². The molecular weight excluding hydrogens is 230 g/mol. The highest BCUT2D eigenvalue weighted by molar-refractivity contribution is 5.74. The van der Waals surface area contributed by atoms with Crippen LogP contribution in [0.15, 0.2) is 0 Å². The van der Waals surface area contributed by atoms with Crippen LogP contribution in [0.1, 0.15) is 12.8 Å². The van der Waals surface area contributed by atoms with E-state index in [1.165, 1.54) is 0 Å². The zero-order valence-electron chi connectivity index (χ0n) is 9.35. The molecule has 10 N–H and O–H groups in total. The van der Waals surface area contributed by atoms with E-state index in [0.29, 0.717) is 19.4 Å². The fourth-order valence-corrected chi connectivity index (χ4v) is 0.669. The van der Waals surface area contributed by atoms with E-state index in [1.54, 1.807) is 0 Å². The number of carboxylic acid groups (broad SMARTS) is 2. The highest BCUT2D eigenvalue weighted by Crippen LogP contribution is 1.92. The van der Waals surface area contributed by atoms with Gasteiger partial charge < -0.3 is 32.7 Å². The Balaban J connectivity index is 0. The van der Waals surface area contributed by atoms with Crippen molar-refractivity contribution in [3.05, 3.63) is 0 Å². The molecule has 0 unspecified atom stereocenters. The summed E-state index contributed by atoms with van der Waals surface area (Å²) in [5, 5.41) is 25.3. The second-order valence-electron chi connectivity index (χ2n) is 3.03. The number of carbonyl (C=O) groups is 2. The topological polar surface area (TPSA) is 189 Å². The maximum absolute atomic E-state index is 10.2. The fourth-order valence-electron chi connectivity index (χ4n) is 0.669. The lowest BCUT2D eigenvalue weighted by atomic mass is 10.2. The fraction of sp³-hybridized carbons (Fsp3) is 0.625. The monoisotopic (exact) mass is 249 g/mol. The molecule has 0 rings (SSSR count). The average Bonchev–Trinajstić information content (AvgIpc) is 2.24. The van der Waals surface area contributed by atoms with E-state index in [2.05, 4.69) is 11.1 Å². The number of rotatable bonds is 6. The van der Waals surface area contributed by atoms with Crippen LogP contribution in [0.25, 0.3) is 0 Å². The molecule has 0 aliphatic heterocycles. The SMILES string of the molecule is N=C(N)NCCC[C@@H](N)C(=O)O.NCC(=O)O. The second-order valence-corrected chi connectivity index (χ2v) is 3.03. The van der Waals surface area contributed by atoms with Gasteiger partial charge in [0.2, 0.25) is 0 Å². The van der Waals surface area contributed by atoms with Crippen LogP contribution < -0.4 is 22.5 Å². The Morgan fingerprint density at radius 3 is 2.12 bits per heavy atom.